The van der Waals surface area contributed by atoms with E-state index < -0.39 is 15.4 Å². The minimum absolute atomic E-state index is 0.0457. The molecule has 1 atom stereocenters. The first-order valence-electron chi connectivity index (χ1n) is 7.84. The third-order valence-electron chi connectivity index (χ3n) is 4.52. The second-order valence-corrected chi connectivity index (χ2v) is 9.89. The Hall–Kier alpha value is -0.920. The molecule has 0 amide bonds. The fourth-order valence-corrected chi connectivity index (χ4v) is 6.26. The molecule has 0 aliphatic carbocycles. The molecule has 1 N–H and O–H groups in total. The molecule has 3 rings (SSSR count). The summed E-state index contributed by atoms with van der Waals surface area (Å²) in [6, 6.07) is 10.9. The molecule has 130 valence electrons. The predicted octanol–water partition coefficient (Wildman–Crippen LogP) is 3.41. The fourth-order valence-electron chi connectivity index (χ4n) is 3.31. The van der Waals surface area contributed by atoms with Gasteiger partial charge in [0.15, 0.2) is 0 Å². The summed E-state index contributed by atoms with van der Waals surface area (Å²) in [6.45, 7) is 0.781. The largest absolute Gasteiger partial charge is 0.396 e. The molecule has 1 saturated heterocycles. The Morgan fingerprint density at radius 1 is 1.29 bits per heavy atom. The molecule has 1 fully saturated rings. The SMILES string of the molecule is O=S(=O)(c1cccs1)N1CCCC(CO)(Cc2cccc(Cl)c2)C1. The third kappa shape index (κ3) is 3.68. The first-order chi connectivity index (χ1) is 11.5. The zero-order chi connectivity index (χ0) is 17.2. The van der Waals surface area contributed by atoms with Crippen molar-refractivity contribution in [3.63, 3.8) is 0 Å². The summed E-state index contributed by atoms with van der Waals surface area (Å²) in [5.74, 6) is 0. The standard InChI is InChI=1S/C17H20ClNO3S2/c18-15-5-1-4-14(10-15)11-17(13-20)7-3-8-19(12-17)24(21,22)16-6-2-9-23-16/h1-2,4-6,9-10,20H,3,7-8,11-13H2. The van der Waals surface area contributed by atoms with Crippen LogP contribution in [0.2, 0.25) is 5.02 Å². The van der Waals surface area contributed by atoms with Crippen molar-refractivity contribution in [2.75, 3.05) is 19.7 Å². The molecule has 0 saturated carbocycles. The Balaban J connectivity index is 1.84. The van der Waals surface area contributed by atoms with E-state index in [4.69, 9.17) is 11.6 Å². The molecule has 1 aromatic heterocycles. The molecular weight excluding hydrogens is 366 g/mol. The summed E-state index contributed by atoms with van der Waals surface area (Å²) in [5, 5.41) is 12.5. The van der Waals surface area contributed by atoms with Crippen LogP contribution in [0.25, 0.3) is 0 Å². The monoisotopic (exact) mass is 385 g/mol. The highest BCUT2D eigenvalue weighted by Crippen LogP contribution is 2.36. The van der Waals surface area contributed by atoms with Crippen LogP contribution in [-0.4, -0.2) is 37.5 Å². The van der Waals surface area contributed by atoms with Gasteiger partial charge in [-0.3, -0.25) is 0 Å². The van der Waals surface area contributed by atoms with Crippen LogP contribution in [0, 0.1) is 5.41 Å². The minimum atomic E-state index is -3.49. The normalized spacial score (nSPS) is 22.6. The smallest absolute Gasteiger partial charge is 0.252 e. The number of halogens is 1. The van der Waals surface area contributed by atoms with Gasteiger partial charge in [-0.15, -0.1) is 11.3 Å². The molecule has 1 aliphatic heterocycles. The van der Waals surface area contributed by atoms with E-state index in [9.17, 15) is 13.5 Å². The summed E-state index contributed by atoms with van der Waals surface area (Å²) in [7, 11) is -3.49. The average molecular weight is 386 g/mol. The van der Waals surface area contributed by atoms with Crippen LogP contribution >= 0.6 is 22.9 Å². The Morgan fingerprint density at radius 2 is 2.12 bits per heavy atom. The Kier molecular flexibility index (Phi) is 5.32. The molecule has 24 heavy (non-hydrogen) atoms. The van der Waals surface area contributed by atoms with Gasteiger partial charge >= 0.3 is 0 Å². The lowest BCUT2D eigenvalue weighted by Gasteiger charge is -2.41. The summed E-state index contributed by atoms with van der Waals surface area (Å²) in [5.41, 5.74) is 0.555. The molecule has 1 unspecified atom stereocenters. The van der Waals surface area contributed by atoms with Gasteiger partial charge in [-0.1, -0.05) is 29.8 Å². The lowest BCUT2D eigenvalue weighted by atomic mass is 9.76. The maximum Gasteiger partial charge on any atom is 0.252 e. The summed E-state index contributed by atoms with van der Waals surface area (Å²) < 4.78 is 27.5. The zero-order valence-electron chi connectivity index (χ0n) is 13.2. The summed E-state index contributed by atoms with van der Waals surface area (Å²) in [6.07, 6.45) is 2.15. The lowest BCUT2D eigenvalue weighted by molar-refractivity contribution is 0.0646. The van der Waals surface area contributed by atoms with E-state index in [1.165, 1.54) is 15.6 Å². The highest BCUT2D eigenvalue weighted by Gasteiger charge is 2.40. The van der Waals surface area contributed by atoms with Crippen molar-refractivity contribution >= 4 is 33.0 Å². The van der Waals surface area contributed by atoms with Crippen molar-refractivity contribution in [2.45, 2.75) is 23.5 Å². The van der Waals surface area contributed by atoms with Gasteiger partial charge in [0.2, 0.25) is 0 Å². The van der Waals surface area contributed by atoms with Gasteiger partial charge in [0.25, 0.3) is 10.0 Å². The van der Waals surface area contributed by atoms with Crippen molar-refractivity contribution in [1.29, 1.82) is 0 Å². The van der Waals surface area contributed by atoms with E-state index in [1.54, 1.807) is 17.5 Å². The molecule has 0 radical (unpaired) electrons. The van der Waals surface area contributed by atoms with Gasteiger partial charge in [-0.25, -0.2) is 8.42 Å². The van der Waals surface area contributed by atoms with E-state index in [2.05, 4.69) is 0 Å². The number of piperidine rings is 1. The second-order valence-electron chi connectivity index (χ2n) is 6.34. The van der Waals surface area contributed by atoms with Crippen LogP contribution in [0.5, 0.6) is 0 Å². The molecule has 2 aromatic rings. The maximum atomic E-state index is 12.8. The van der Waals surface area contributed by atoms with Gasteiger partial charge in [0.1, 0.15) is 4.21 Å². The number of thiophene rings is 1. The minimum Gasteiger partial charge on any atom is -0.396 e. The van der Waals surface area contributed by atoms with Gasteiger partial charge in [0.05, 0.1) is 6.61 Å². The van der Waals surface area contributed by atoms with Gasteiger partial charge in [-0.05, 0) is 48.4 Å². The molecule has 0 spiro atoms. The average Bonchev–Trinajstić information content (AvgIpc) is 3.10. The highest BCUT2D eigenvalue weighted by atomic mass is 35.5. The number of aliphatic hydroxyl groups excluding tert-OH is 1. The number of nitrogens with zero attached hydrogens (tertiary/aromatic N) is 1. The van der Waals surface area contributed by atoms with Crippen LogP contribution in [0.15, 0.2) is 46.0 Å². The van der Waals surface area contributed by atoms with E-state index in [-0.39, 0.29) is 6.61 Å². The molecule has 1 aliphatic rings. The van der Waals surface area contributed by atoms with Crippen LogP contribution < -0.4 is 0 Å². The molecule has 1 aromatic carbocycles. The number of benzene rings is 1. The van der Waals surface area contributed by atoms with E-state index in [0.717, 1.165) is 18.4 Å². The number of aliphatic hydroxyl groups is 1. The van der Waals surface area contributed by atoms with E-state index in [0.29, 0.717) is 28.7 Å². The van der Waals surface area contributed by atoms with Crippen molar-refractivity contribution < 1.29 is 13.5 Å². The van der Waals surface area contributed by atoms with Crippen molar-refractivity contribution in [2.24, 2.45) is 5.41 Å². The van der Waals surface area contributed by atoms with E-state index >= 15 is 0 Å². The highest BCUT2D eigenvalue weighted by molar-refractivity contribution is 7.91. The zero-order valence-corrected chi connectivity index (χ0v) is 15.6. The quantitative estimate of drug-likeness (QED) is 0.858. The Morgan fingerprint density at radius 3 is 2.79 bits per heavy atom. The Bertz CT molecular complexity index is 792. The molecular formula is C17H20ClNO3S2. The number of hydrogen-bond acceptors (Lipinski definition) is 4. The first-order valence-corrected chi connectivity index (χ1v) is 10.5. The lowest BCUT2D eigenvalue weighted by Crippen LogP contribution is -2.48. The van der Waals surface area contributed by atoms with Crippen molar-refractivity contribution in [3.05, 3.63) is 52.4 Å². The first kappa shape index (κ1) is 17.9. The Labute approximate surface area is 151 Å². The summed E-state index contributed by atoms with van der Waals surface area (Å²) in [4.78, 5) is 0. The molecule has 4 nitrogen and oxygen atoms in total. The van der Waals surface area contributed by atoms with Gasteiger partial charge < -0.3 is 5.11 Å². The number of rotatable bonds is 5. The van der Waals surface area contributed by atoms with Crippen molar-refractivity contribution in [1.82, 2.24) is 4.31 Å². The van der Waals surface area contributed by atoms with Crippen LogP contribution in [0.1, 0.15) is 18.4 Å². The molecule has 2 heterocycles. The summed E-state index contributed by atoms with van der Waals surface area (Å²) >= 11 is 7.28. The van der Waals surface area contributed by atoms with Crippen LogP contribution in [0.4, 0.5) is 0 Å². The topological polar surface area (TPSA) is 57.6 Å². The third-order valence-corrected chi connectivity index (χ3v) is 7.97. The van der Waals surface area contributed by atoms with Crippen LogP contribution in [0.3, 0.4) is 0 Å². The fraction of sp³-hybridized carbons (Fsp3) is 0.412. The number of hydrogen-bond donors (Lipinski definition) is 1. The van der Waals surface area contributed by atoms with Crippen LogP contribution in [-0.2, 0) is 16.4 Å². The maximum absolute atomic E-state index is 12.8. The van der Waals surface area contributed by atoms with Gasteiger partial charge in [0, 0.05) is 23.5 Å². The van der Waals surface area contributed by atoms with Gasteiger partial charge in [-0.2, -0.15) is 4.31 Å². The second kappa shape index (κ2) is 7.14. The molecule has 7 heteroatoms. The van der Waals surface area contributed by atoms with E-state index in [1.807, 2.05) is 24.3 Å². The van der Waals surface area contributed by atoms with Crippen molar-refractivity contribution in [3.8, 4) is 0 Å². The number of sulfonamides is 1. The molecule has 0 bridgehead atoms. The predicted molar refractivity (Wildman–Crippen MR) is 97.0 cm³/mol.